The molecule has 100 valence electrons. The number of aliphatic hydroxyl groups is 1. The summed E-state index contributed by atoms with van der Waals surface area (Å²) in [7, 11) is 0. The number of carbonyl (C=O) groups excluding carboxylic acids is 1. The van der Waals surface area contributed by atoms with E-state index in [2.05, 4.69) is 5.32 Å². The molecular weight excluding hydrogens is 230 g/mol. The number of ether oxygens (including phenoxy) is 1. The van der Waals surface area contributed by atoms with Crippen molar-refractivity contribution in [1.29, 1.82) is 0 Å². The third kappa shape index (κ3) is 4.75. The van der Waals surface area contributed by atoms with Gasteiger partial charge in [0.1, 0.15) is 11.4 Å². The van der Waals surface area contributed by atoms with Gasteiger partial charge in [-0.2, -0.15) is 0 Å². The summed E-state index contributed by atoms with van der Waals surface area (Å²) >= 11 is 0. The van der Waals surface area contributed by atoms with Crippen molar-refractivity contribution in [3.05, 3.63) is 29.8 Å². The lowest BCUT2D eigenvalue weighted by atomic mass is 10.1. The van der Waals surface area contributed by atoms with Gasteiger partial charge in [-0.15, -0.1) is 0 Å². The van der Waals surface area contributed by atoms with Crippen LogP contribution in [0.15, 0.2) is 24.3 Å². The van der Waals surface area contributed by atoms with Gasteiger partial charge in [0.15, 0.2) is 0 Å². The van der Waals surface area contributed by atoms with Crippen molar-refractivity contribution in [3.8, 4) is 5.75 Å². The van der Waals surface area contributed by atoms with E-state index in [9.17, 15) is 4.79 Å². The Balaban J connectivity index is 2.78. The van der Waals surface area contributed by atoms with Gasteiger partial charge in [-0.1, -0.05) is 12.1 Å². The second-order valence-electron chi connectivity index (χ2n) is 5.04. The van der Waals surface area contributed by atoms with Crippen LogP contribution in [0.4, 0.5) is 0 Å². The number of nitrogens with one attached hydrogen (secondary N) is 1. The first-order valence-electron chi connectivity index (χ1n) is 6.11. The monoisotopic (exact) mass is 251 g/mol. The van der Waals surface area contributed by atoms with Crippen molar-refractivity contribution in [3.63, 3.8) is 0 Å². The summed E-state index contributed by atoms with van der Waals surface area (Å²) in [5.74, 6) is 0.398. The molecule has 0 aliphatic heterocycles. The average molecular weight is 251 g/mol. The van der Waals surface area contributed by atoms with Crippen LogP contribution < -0.4 is 10.1 Å². The Bertz CT molecular complexity index is 396. The molecule has 0 bridgehead atoms. The summed E-state index contributed by atoms with van der Waals surface area (Å²) in [5.41, 5.74) is 0.173. The van der Waals surface area contributed by atoms with Gasteiger partial charge in [0, 0.05) is 13.2 Å². The molecule has 0 aromatic heterocycles. The molecule has 0 atom stereocenters. The quantitative estimate of drug-likeness (QED) is 0.787. The van der Waals surface area contributed by atoms with E-state index in [1.807, 2.05) is 26.8 Å². The van der Waals surface area contributed by atoms with Gasteiger partial charge in [-0.3, -0.25) is 4.79 Å². The van der Waals surface area contributed by atoms with Crippen LogP contribution in [-0.4, -0.2) is 29.8 Å². The van der Waals surface area contributed by atoms with Crippen LogP contribution in [0.25, 0.3) is 0 Å². The van der Waals surface area contributed by atoms with Crippen molar-refractivity contribution in [2.75, 3.05) is 13.2 Å². The molecule has 1 rings (SSSR count). The average Bonchev–Trinajstić information content (AvgIpc) is 2.27. The van der Waals surface area contributed by atoms with Gasteiger partial charge >= 0.3 is 0 Å². The summed E-state index contributed by atoms with van der Waals surface area (Å²) < 4.78 is 5.75. The number of hydrogen-bond donors (Lipinski definition) is 2. The third-order valence-electron chi connectivity index (χ3n) is 2.17. The Morgan fingerprint density at radius 3 is 2.61 bits per heavy atom. The van der Waals surface area contributed by atoms with Gasteiger partial charge in [0.25, 0.3) is 5.91 Å². The molecule has 1 amide bonds. The van der Waals surface area contributed by atoms with Gasteiger partial charge in [0.2, 0.25) is 0 Å². The van der Waals surface area contributed by atoms with Crippen LogP contribution >= 0.6 is 0 Å². The minimum atomic E-state index is -0.346. The van der Waals surface area contributed by atoms with E-state index in [1.165, 1.54) is 0 Å². The summed E-state index contributed by atoms with van der Waals surface area (Å²) in [6, 6.07) is 7.16. The first-order chi connectivity index (χ1) is 8.44. The molecule has 0 unspecified atom stereocenters. The Labute approximate surface area is 108 Å². The fourth-order valence-electron chi connectivity index (χ4n) is 1.45. The molecule has 0 aliphatic rings. The van der Waals surface area contributed by atoms with Crippen LogP contribution in [0.5, 0.6) is 5.75 Å². The highest BCUT2D eigenvalue weighted by Crippen LogP contribution is 2.22. The summed E-state index contributed by atoms with van der Waals surface area (Å²) in [4.78, 5) is 12.0. The van der Waals surface area contributed by atoms with Crippen molar-refractivity contribution in [2.24, 2.45) is 0 Å². The number of hydrogen-bond acceptors (Lipinski definition) is 3. The Morgan fingerprint density at radius 2 is 2.00 bits per heavy atom. The van der Waals surface area contributed by atoms with Crippen molar-refractivity contribution < 1.29 is 14.6 Å². The molecule has 0 aliphatic carbocycles. The van der Waals surface area contributed by atoms with E-state index in [0.29, 0.717) is 24.3 Å². The van der Waals surface area contributed by atoms with Crippen molar-refractivity contribution in [2.45, 2.75) is 32.8 Å². The van der Waals surface area contributed by atoms with Gasteiger partial charge in [-0.25, -0.2) is 0 Å². The first-order valence-corrected chi connectivity index (χ1v) is 6.11. The minimum Gasteiger partial charge on any atom is -0.487 e. The molecule has 0 radical (unpaired) electrons. The van der Waals surface area contributed by atoms with Crippen LogP contribution in [0, 0.1) is 0 Å². The lowest BCUT2D eigenvalue weighted by molar-refractivity contribution is 0.0930. The molecular formula is C14H21NO3. The maximum absolute atomic E-state index is 12.0. The molecule has 1 aromatic rings. The highest BCUT2D eigenvalue weighted by Gasteiger charge is 2.17. The van der Waals surface area contributed by atoms with Crippen LogP contribution in [0.1, 0.15) is 37.6 Å². The molecule has 0 fully saturated rings. The van der Waals surface area contributed by atoms with Gasteiger partial charge < -0.3 is 15.2 Å². The molecule has 0 saturated heterocycles. The highest BCUT2D eigenvalue weighted by atomic mass is 16.5. The number of carbonyl (C=O) groups is 1. The van der Waals surface area contributed by atoms with Crippen molar-refractivity contribution in [1.82, 2.24) is 5.32 Å². The smallest absolute Gasteiger partial charge is 0.255 e. The molecule has 0 heterocycles. The number of amides is 1. The zero-order valence-corrected chi connectivity index (χ0v) is 11.2. The number of aliphatic hydroxyl groups excluding tert-OH is 1. The largest absolute Gasteiger partial charge is 0.487 e. The SMILES string of the molecule is CC(C)(C)Oc1ccccc1C(=O)NCCCO. The standard InChI is InChI=1S/C14H21NO3/c1-14(2,3)18-12-8-5-4-7-11(12)13(17)15-9-6-10-16/h4-5,7-8,16H,6,9-10H2,1-3H3,(H,15,17). The normalized spacial score (nSPS) is 11.1. The molecule has 2 N–H and O–H groups in total. The zero-order valence-electron chi connectivity index (χ0n) is 11.2. The summed E-state index contributed by atoms with van der Waals surface area (Å²) in [6.07, 6.45) is 0.550. The minimum absolute atomic E-state index is 0.0699. The topological polar surface area (TPSA) is 58.6 Å². The highest BCUT2D eigenvalue weighted by molar-refractivity contribution is 5.96. The van der Waals surface area contributed by atoms with Crippen LogP contribution in [-0.2, 0) is 0 Å². The van der Waals surface area contributed by atoms with E-state index < -0.39 is 0 Å². The number of rotatable bonds is 5. The first kappa shape index (κ1) is 14.5. The van der Waals surface area contributed by atoms with E-state index >= 15 is 0 Å². The Kier molecular flexibility index (Phi) is 5.16. The molecule has 0 spiro atoms. The van der Waals surface area contributed by atoms with Gasteiger partial charge in [0.05, 0.1) is 5.56 Å². The lowest BCUT2D eigenvalue weighted by Gasteiger charge is -2.22. The Morgan fingerprint density at radius 1 is 1.33 bits per heavy atom. The molecule has 4 nitrogen and oxygen atoms in total. The van der Waals surface area contributed by atoms with E-state index in [0.717, 1.165) is 0 Å². The molecule has 4 heteroatoms. The number of benzene rings is 1. The predicted molar refractivity (Wildman–Crippen MR) is 70.9 cm³/mol. The van der Waals surface area contributed by atoms with Crippen LogP contribution in [0.2, 0.25) is 0 Å². The van der Waals surface area contributed by atoms with E-state index in [1.54, 1.807) is 18.2 Å². The molecule has 1 aromatic carbocycles. The molecule has 0 saturated carbocycles. The maximum atomic E-state index is 12.0. The number of para-hydroxylation sites is 1. The van der Waals surface area contributed by atoms with Crippen molar-refractivity contribution >= 4 is 5.91 Å². The second kappa shape index (κ2) is 6.40. The maximum Gasteiger partial charge on any atom is 0.255 e. The predicted octanol–water partition coefficient (Wildman–Crippen LogP) is 1.98. The fraction of sp³-hybridized carbons (Fsp3) is 0.500. The zero-order chi connectivity index (χ0) is 13.6. The van der Waals surface area contributed by atoms with E-state index in [-0.39, 0.29) is 18.1 Å². The Hall–Kier alpha value is -1.55. The van der Waals surface area contributed by atoms with Gasteiger partial charge in [-0.05, 0) is 39.3 Å². The fourth-order valence-corrected chi connectivity index (χ4v) is 1.45. The third-order valence-corrected chi connectivity index (χ3v) is 2.17. The second-order valence-corrected chi connectivity index (χ2v) is 5.04. The van der Waals surface area contributed by atoms with E-state index in [4.69, 9.17) is 9.84 Å². The summed E-state index contributed by atoms with van der Waals surface area (Å²) in [5, 5.41) is 11.4. The van der Waals surface area contributed by atoms with Crippen LogP contribution in [0.3, 0.4) is 0 Å². The molecule has 18 heavy (non-hydrogen) atoms. The summed E-state index contributed by atoms with van der Waals surface area (Å²) in [6.45, 7) is 6.34. The lowest BCUT2D eigenvalue weighted by Crippen LogP contribution is -2.28.